The van der Waals surface area contributed by atoms with Gasteiger partial charge in [0.25, 0.3) is 15.9 Å². The van der Waals surface area contributed by atoms with Gasteiger partial charge in [-0.1, -0.05) is 18.2 Å². The van der Waals surface area contributed by atoms with Gasteiger partial charge in [-0.05, 0) is 87.3 Å². The molecule has 2 aromatic carbocycles. The van der Waals surface area contributed by atoms with Crippen LogP contribution in [0.5, 0.6) is 0 Å². The second-order valence-corrected chi connectivity index (χ2v) is 10.5. The molecular formula is C25H27N3O4S. The summed E-state index contributed by atoms with van der Waals surface area (Å²) in [6.07, 6.45) is 2.25. The third-order valence-corrected chi connectivity index (χ3v) is 8.18. The Bertz CT molecular complexity index is 1230. The summed E-state index contributed by atoms with van der Waals surface area (Å²) in [6, 6.07) is 19.0. The van der Waals surface area contributed by atoms with E-state index in [0.29, 0.717) is 23.4 Å². The Morgan fingerprint density at radius 1 is 0.970 bits per heavy atom. The van der Waals surface area contributed by atoms with Crippen LogP contribution in [0, 0.1) is 5.92 Å². The highest BCUT2D eigenvalue weighted by molar-refractivity contribution is 7.92. The standard InChI is InChI=1S/C25H27N3O4S/c1-17-24(19-13-15-28(17)16-14-19)26-25(29)23-12-11-22(32-23)18-7-9-20(10-8-18)27-33(30,31)21-5-3-2-4-6-21/h2-12,17,19,24,27H,13-16H2,1H3,(H,26,29). The highest BCUT2D eigenvalue weighted by Gasteiger charge is 2.40. The number of rotatable bonds is 6. The van der Waals surface area contributed by atoms with Crippen molar-refractivity contribution in [1.29, 1.82) is 0 Å². The van der Waals surface area contributed by atoms with E-state index in [1.54, 1.807) is 66.7 Å². The van der Waals surface area contributed by atoms with Crippen LogP contribution in [0.15, 0.2) is 76.0 Å². The Balaban J connectivity index is 1.26. The average molecular weight is 466 g/mol. The highest BCUT2D eigenvalue weighted by atomic mass is 32.2. The lowest BCUT2D eigenvalue weighted by Gasteiger charge is -2.49. The molecule has 3 saturated heterocycles. The number of carbonyl (C=O) groups excluding carboxylic acids is 1. The summed E-state index contributed by atoms with van der Waals surface area (Å²) in [7, 11) is -3.65. The van der Waals surface area contributed by atoms with Gasteiger partial charge in [0.2, 0.25) is 0 Å². The molecule has 0 spiro atoms. The van der Waals surface area contributed by atoms with Crippen LogP contribution < -0.4 is 10.0 Å². The van der Waals surface area contributed by atoms with Crippen LogP contribution in [0.4, 0.5) is 5.69 Å². The van der Waals surface area contributed by atoms with Gasteiger partial charge in [0.1, 0.15) is 5.76 Å². The van der Waals surface area contributed by atoms with Gasteiger partial charge in [0.05, 0.1) is 4.90 Å². The number of fused-ring (bicyclic) bond motifs is 3. The monoisotopic (exact) mass is 465 g/mol. The van der Waals surface area contributed by atoms with Crippen molar-refractivity contribution in [2.75, 3.05) is 17.8 Å². The van der Waals surface area contributed by atoms with Crippen molar-refractivity contribution in [3.63, 3.8) is 0 Å². The zero-order valence-corrected chi connectivity index (χ0v) is 19.2. The molecule has 2 bridgehead atoms. The predicted molar refractivity (Wildman–Crippen MR) is 126 cm³/mol. The van der Waals surface area contributed by atoms with Gasteiger partial charge in [-0.2, -0.15) is 0 Å². The second kappa shape index (κ2) is 8.68. The van der Waals surface area contributed by atoms with Crippen LogP contribution in [0.25, 0.3) is 11.3 Å². The molecule has 2 atom stereocenters. The number of amides is 1. The molecule has 0 aliphatic carbocycles. The van der Waals surface area contributed by atoms with Crippen molar-refractivity contribution in [2.24, 2.45) is 5.92 Å². The molecule has 8 heteroatoms. The molecule has 6 rings (SSSR count). The minimum Gasteiger partial charge on any atom is -0.451 e. The fourth-order valence-corrected chi connectivity index (χ4v) is 5.98. The van der Waals surface area contributed by atoms with E-state index < -0.39 is 10.0 Å². The first kappa shape index (κ1) is 21.7. The molecule has 7 nitrogen and oxygen atoms in total. The first-order chi connectivity index (χ1) is 15.9. The van der Waals surface area contributed by atoms with E-state index in [0.717, 1.165) is 31.5 Å². The summed E-state index contributed by atoms with van der Waals surface area (Å²) >= 11 is 0. The van der Waals surface area contributed by atoms with Gasteiger partial charge in [0, 0.05) is 23.3 Å². The van der Waals surface area contributed by atoms with E-state index in [2.05, 4.69) is 21.9 Å². The number of anilines is 1. The molecule has 3 fully saturated rings. The maximum absolute atomic E-state index is 12.8. The Labute approximate surface area is 193 Å². The summed E-state index contributed by atoms with van der Waals surface area (Å²) in [6.45, 7) is 4.40. The third kappa shape index (κ3) is 4.41. The van der Waals surface area contributed by atoms with E-state index in [-0.39, 0.29) is 22.6 Å². The topological polar surface area (TPSA) is 91.7 Å². The minimum atomic E-state index is -3.65. The van der Waals surface area contributed by atoms with Crippen LogP contribution in [0.3, 0.4) is 0 Å². The van der Waals surface area contributed by atoms with Crippen molar-refractivity contribution in [3.8, 4) is 11.3 Å². The lowest BCUT2D eigenvalue weighted by atomic mass is 9.79. The van der Waals surface area contributed by atoms with Gasteiger partial charge in [-0.15, -0.1) is 0 Å². The highest BCUT2D eigenvalue weighted by Crippen LogP contribution is 2.32. The number of carbonyl (C=O) groups is 1. The van der Waals surface area contributed by atoms with Crippen LogP contribution in [-0.4, -0.2) is 44.4 Å². The maximum Gasteiger partial charge on any atom is 0.287 e. The first-order valence-electron chi connectivity index (χ1n) is 11.2. The quantitative estimate of drug-likeness (QED) is 0.575. The number of sulfonamides is 1. The molecule has 1 aromatic heterocycles. The molecule has 1 amide bonds. The lowest BCUT2D eigenvalue weighted by Crippen LogP contribution is -2.62. The summed E-state index contributed by atoms with van der Waals surface area (Å²) < 4.78 is 33.4. The van der Waals surface area contributed by atoms with E-state index >= 15 is 0 Å². The normalized spacial score (nSPS) is 24.4. The zero-order valence-electron chi connectivity index (χ0n) is 18.4. The largest absolute Gasteiger partial charge is 0.451 e. The van der Waals surface area contributed by atoms with Crippen molar-refractivity contribution < 1.29 is 17.6 Å². The molecule has 3 aliphatic rings. The molecule has 4 heterocycles. The summed E-state index contributed by atoms with van der Waals surface area (Å²) in [4.78, 5) is 15.5. The molecule has 172 valence electrons. The number of nitrogens with zero attached hydrogens (tertiary/aromatic N) is 1. The Morgan fingerprint density at radius 3 is 2.33 bits per heavy atom. The second-order valence-electron chi connectivity index (χ2n) is 8.77. The maximum atomic E-state index is 12.8. The zero-order chi connectivity index (χ0) is 23.0. The van der Waals surface area contributed by atoms with E-state index in [9.17, 15) is 13.2 Å². The molecule has 0 saturated carbocycles. The van der Waals surface area contributed by atoms with Crippen molar-refractivity contribution >= 4 is 21.6 Å². The smallest absolute Gasteiger partial charge is 0.287 e. The van der Waals surface area contributed by atoms with Crippen molar-refractivity contribution in [1.82, 2.24) is 10.2 Å². The third-order valence-electron chi connectivity index (χ3n) is 6.78. The van der Waals surface area contributed by atoms with E-state index in [4.69, 9.17) is 4.42 Å². The summed E-state index contributed by atoms with van der Waals surface area (Å²) in [5.74, 6) is 1.16. The molecule has 2 N–H and O–H groups in total. The van der Waals surface area contributed by atoms with Crippen LogP contribution in [-0.2, 0) is 10.0 Å². The molecular weight excluding hydrogens is 438 g/mol. The number of furan rings is 1. The number of hydrogen-bond donors (Lipinski definition) is 2. The SMILES string of the molecule is CC1C(NC(=O)c2ccc(-c3ccc(NS(=O)(=O)c4ccccc4)cc3)o2)C2CCN1CC2. The first-order valence-corrected chi connectivity index (χ1v) is 12.7. The Morgan fingerprint density at radius 2 is 1.67 bits per heavy atom. The molecule has 33 heavy (non-hydrogen) atoms. The fraction of sp³-hybridized carbons (Fsp3) is 0.320. The Kier molecular flexibility index (Phi) is 5.72. The molecule has 3 aliphatic heterocycles. The molecule has 3 aromatic rings. The van der Waals surface area contributed by atoms with Crippen LogP contribution >= 0.6 is 0 Å². The van der Waals surface area contributed by atoms with Crippen molar-refractivity contribution in [2.45, 2.75) is 36.7 Å². The van der Waals surface area contributed by atoms with Crippen molar-refractivity contribution in [3.05, 3.63) is 72.5 Å². The van der Waals surface area contributed by atoms with Gasteiger partial charge < -0.3 is 9.73 Å². The van der Waals surface area contributed by atoms with E-state index in [1.165, 1.54) is 0 Å². The van der Waals surface area contributed by atoms with Gasteiger partial charge in [-0.3, -0.25) is 14.4 Å². The summed E-state index contributed by atoms with van der Waals surface area (Å²) in [5, 5.41) is 3.18. The fourth-order valence-electron chi connectivity index (χ4n) is 4.90. The lowest BCUT2D eigenvalue weighted by molar-refractivity contribution is 0.0211. The molecule has 0 radical (unpaired) electrons. The van der Waals surface area contributed by atoms with Crippen LogP contribution in [0.1, 0.15) is 30.3 Å². The molecule has 2 unspecified atom stereocenters. The van der Waals surface area contributed by atoms with Gasteiger partial charge in [-0.25, -0.2) is 8.42 Å². The number of nitrogens with one attached hydrogen (secondary N) is 2. The Hall–Kier alpha value is -3.10. The minimum absolute atomic E-state index is 0.144. The summed E-state index contributed by atoms with van der Waals surface area (Å²) in [5.41, 5.74) is 1.20. The van der Waals surface area contributed by atoms with Gasteiger partial charge >= 0.3 is 0 Å². The predicted octanol–water partition coefficient (Wildman–Crippen LogP) is 3.96. The number of hydrogen-bond acceptors (Lipinski definition) is 5. The van der Waals surface area contributed by atoms with E-state index in [1.807, 2.05) is 0 Å². The van der Waals surface area contributed by atoms with Crippen LogP contribution in [0.2, 0.25) is 0 Å². The van der Waals surface area contributed by atoms with Gasteiger partial charge in [0.15, 0.2) is 5.76 Å². The number of piperidine rings is 3. The number of benzene rings is 2. The average Bonchev–Trinajstić information content (AvgIpc) is 3.33.